The summed E-state index contributed by atoms with van der Waals surface area (Å²) in [5, 5.41) is 12.4. The van der Waals surface area contributed by atoms with Crippen molar-refractivity contribution in [1.29, 1.82) is 5.26 Å². The number of ether oxygens (including phenoxy) is 2. The molecule has 3 rings (SSSR count). The molecule has 0 atom stereocenters. The first-order chi connectivity index (χ1) is 12.0. The summed E-state index contributed by atoms with van der Waals surface area (Å²) in [6, 6.07) is 9.82. The van der Waals surface area contributed by atoms with E-state index < -0.39 is 5.79 Å². The third kappa shape index (κ3) is 4.16. The molecule has 1 aromatic heterocycles. The average Bonchev–Trinajstić information content (AvgIpc) is 2.60. The summed E-state index contributed by atoms with van der Waals surface area (Å²) in [5.41, 5.74) is 4.94. The molecule has 0 bridgehead atoms. The lowest BCUT2D eigenvalue weighted by Crippen LogP contribution is -2.36. The summed E-state index contributed by atoms with van der Waals surface area (Å²) in [5.74, 6) is 0.248. The van der Waals surface area contributed by atoms with Gasteiger partial charge in [-0.3, -0.25) is 4.98 Å². The molecule has 1 N–H and O–H groups in total. The third-order valence-corrected chi connectivity index (χ3v) is 4.27. The maximum absolute atomic E-state index is 8.95. The second-order valence-electron chi connectivity index (χ2n) is 6.71. The average molecular weight is 337 g/mol. The van der Waals surface area contributed by atoms with Gasteiger partial charge in [0.25, 0.3) is 0 Å². The van der Waals surface area contributed by atoms with Crippen molar-refractivity contribution in [1.82, 2.24) is 10.3 Å². The van der Waals surface area contributed by atoms with Crippen molar-refractivity contribution in [3.63, 3.8) is 0 Å². The molecule has 0 saturated heterocycles. The molecule has 2 aromatic rings. The minimum absolute atomic E-state index is 0.547. The molecule has 0 saturated carbocycles. The van der Waals surface area contributed by atoms with Crippen LogP contribution in [0, 0.1) is 18.3 Å². The number of fused-ring (bicyclic) bond motifs is 1. The van der Waals surface area contributed by atoms with Gasteiger partial charge in [-0.15, -0.1) is 0 Å². The topological polar surface area (TPSA) is 67.2 Å². The molecule has 25 heavy (non-hydrogen) atoms. The predicted octanol–water partition coefficient (Wildman–Crippen LogP) is 3.24. The van der Waals surface area contributed by atoms with Gasteiger partial charge >= 0.3 is 0 Å². The lowest BCUT2D eigenvalue weighted by molar-refractivity contribution is -0.180. The van der Waals surface area contributed by atoms with Gasteiger partial charge in [0, 0.05) is 32.2 Å². The largest absolute Gasteiger partial charge is 0.461 e. The fraction of sp³-hybridized carbons (Fsp3) is 0.400. The standard InChI is InChI=1S/C20H23N3O2/c1-14-19-18(13-24-20(2,3)25-19)17(12-23-14)7-8-22-11-16-6-4-5-15(9-16)10-21/h4-6,9,12,22H,7-8,11,13H2,1-3H3. The van der Waals surface area contributed by atoms with Crippen LogP contribution in [0.4, 0.5) is 0 Å². The van der Waals surface area contributed by atoms with Crippen LogP contribution in [0.3, 0.4) is 0 Å². The van der Waals surface area contributed by atoms with Gasteiger partial charge in [0.05, 0.1) is 23.9 Å². The van der Waals surface area contributed by atoms with Crippen molar-refractivity contribution in [3.8, 4) is 11.8 Å². The number of rotatable bonds is 5. The zero-order valence-corrected chi connectivity index (χ0v) is 14.9. The number of nitrogens with one attached hydrogen (secondary N) is 1. The van der Waals surface area contributed by atoms with Gasteiger partial charge < -0.3 is 14.8 Å². The maximum atomic E-state index is 8.95. The number of benzene rings is 1. The summed E-state index contributed by atoms with van der Waals surface area (Å²) in [7, 11) is 0. The van der Waals surface area contributed by atoms with Gasteiger partial charge in [-0.2, -0.15) is 5.26 Å². The molecule has 2 heterocycles. The molecule has 0 aliphatic carbocycles. The van der Waals surface area contributed by atoms with Gasteiger partial charge in [0.2, 0.25) is 5.79 Å². The number of nitrogens with zero attached hydrogens (tertiary/aromatic N) is 2. The molecule has 130 valence electrons. The van der Waals surface area contributed by atoms with E-state index >= 15 is 0 Å². The summed E-state index contributed by atoms with van der Waals surface area (Å²) >= 11 is 0. The molecule has 5 nitrogen and oxygen atoms in total. The van der Waals surface area contributed by atoms with E-state index in [9.17, 15) is 0 Å². The van der Waals surface area contributed by atoms with Crippen LogP contribution in [0.15, 0.2) is 30.5 Å². The Morgan fingerprint density at radius 1 is 1.36 bits per heavy atom. The predicted molar refractivity (Wildman–Crippen MR) is 95.0 cm³/mol. The second kappa shape index (κ2) is 7.22. The first kappa shape index (κ1) is 17.4. The highest BCUT2D eigenvalue weighted by atomic mass is 16.7. The second-order valence-corrected chi connectivity index (χ2v) is 6.71. The Morgan fingerprint density at radius 3 is 3.00 bits per heavy atom. The van der Waals surface area contributed by atoms with E-state index in [1.807, 2.05) is 51.2 Å². The fourth-order valence-electron chi connectivity index (χ4n) is 2.91. The smallest absolute Gasteiger partial charge is 0.205 e. The van der Waals surface area contributed by atoms with Crippen molar-refractivity contribution in [2.45, 2.75) is 46.1 Å². The van der Waals surface area contributed by atoms with Crippen LogP contribution < -0.4 is 10.1 Å². The monoisotopic (exact) mass is 337 g/mol. The highest BCUT2D eigenvalue weighted by molar-refractivity contribution is 5.43. The summed E-state index contributed by atoms with van der Waals surface area (Å²) in [4.78, 5) is 4.47. The molecule has 0 radical (unpaired) electrons. The zero-order chi connectivity index (χ0) is 17.9. The maximum Gasteiger partial charge on any atom is 0.205 e. The molecule has 0 unspecified atom stereocenters. The van der Waals surface area contributed by atoms with E-state index in [1.165, 1.54) is 0 Å². The van der Waals surface area contributed by atoms with Crippen molar-refractivity contribution in [3.05, 3.63) is 58.4 Å². The van der Waals surface area contributed by atoms with Gasteiger partial charge in [-0.25, -0.2) is 0 Å². The Kier molecular flexibility index (Phi) is 5.03. The van der Waals surface area contributed by atoms with Crippen LogP contribution in [0.2, 0.25) is 0 Å². The molecular weight excluding hydrogens is 314 g/mol. The van der Waals surface area contributed by atoms with Gasteiger partial charge in [-0.05, 0) is 43.1 Å². The van der Waals surface area contributed by atoms with Gasteiger partial charge in [0.1, 0.15) is 5.75 Å². The lowest BCUT2D eigenvalue weighted by Gasteiger charge is -2.34. The van der Waals surface area contributed by atoms with E-state index in [2.05, 4.69) is 16.4 Å². The van der Waals surface area contributed by atoms with Crippen LogP contribution in [-0.4, -0.2) is 17.3 Å². The Hall–Kier alpha value is -2.42. The van der Waals surface area contributed by atoms with Crippen molar-refractivity contribution >= 4 is 0 Å². The normalized spacial score (nSPS) is 15.1. The molecule has 1 aromatic carbocycles. The number of hydrogen-bond donors (Lipinski definition) is 1. The number of aryl methyl sites for hydroxylation is 1. The zero-order valence-electron chi connectivity index (χ0n) is 14.9. The quantitative estimate of drug-likeness (QED) is 0.849. The minimum Gasteiger partial charge on any atom is -0.461 e. The van der Waals surface area contributed by atoms with Gasteiger partial charge in [0.15, 0.2) is 0 Å². The van der Waals surface area contributed by atoms with Crippen LogP contribution in [0.25, 0.3) is 0 Å². The fourth-order valence-corrected chi connectivity index (χ4v) is 2.91. The Morgan fingerprint density at radius 2 is 2.20 bits per heavy atom. The SMILES string of the molecule is Cc1ncc(CCNCc2cccc(C#N)c2)c2c1OC(C)(C)OC2. The van der Waals surface area contributed by atoms with E-state index in [0.717, 1.165) is 47.6 Å². The molecule has 0 amide bonds. The van der Waals surface area contributed by atoms with Crippen LogP contribution in [-0.2, 0) is 24.3 Å². The molecule has 1 aliphatic heterocycles. The highest BCUT2D eigenvalue weighted by Gasteiger charge is 2.30. The minimum atomic E-state index is -0.609. The van der Waals surface area contributed by atoms with E-state index in [0.29, 0.717) is 12.2 Å². The first-order valence-corrected chi connectivity index (χ1v) is 8.48. The third-order valence-electron chi connectivity index (χ3n) is 4.27. The van der Waals surface area contributed by atoms with Crippen molar-refractivity contribution in [2.75, 3.05) is 6.54 Å². The van der Waals surface area contributed by atoms with Crippen LogP contribution in [0.5, 0.6) is 5.75 Å². The van der Waals surface area contributed by atoms with Crippen molar-refractivity contribution < 1.29 is 9.47 Å². The van der Waals surface area contributed by atoms with Crippen molar-refractivity contribution in [2.24, 2.45) is 0 Å². The number of nitriles is 1. The van der Waals surface area contributed by atoms with E-state index in [4.69, 9.17) is 14.7 Å². The Bertz CT molecular complexity index is 809. The van der Waals surface area contributed by atoms with E-state index in [1.54, 1.807) is 0 Å². The molecule has 0 spiro atoms. The molecule has 1 aliphatic rings. The summed E-state index contributed by atoms with van der Waals surface area (Å²) in [6.07, 6.45) is 2.76. The number of hydrogen-bond acceptors (Lipinski definition) is 5. The molecule has 0 fully saturated rings. The Labute approximate surface area is 148 Å². The molecular formula is C20H23N3O2. The van der Waals surface area contributed by atoms with Crippen LogP contribution in [0.1, 0.15) is 41.8 Å². The Balaban J connectivity index is 1.62. The highest BCUT2D eigenvalue weighted by Crippen LogP contribution is 2.35. The van der Waals surface area contributed by atoms with E-state index in [-0.39, 0.29) is 0 Å². The molecule has 5 heteroatoms. The summed E-state index contributed by atoms with van der Waals surface area (Å²) < 4.78 is 11.7. The van der Waals surface area contributed by atoms with Crippen LogP contribution >= 0.6 is 0 Å². The number of pyridine rings is 1. The lowest BCUT2D eigenvalue weighted by atomic mass is 10.0. The first-order valence-electron chi connectivity index (χ1n) is 8.48. The number of aromatic nitrogens is 1. The van der Waals surface area contributed by atoms with Gasteiger partial charge in [-0.1, -0.05) is 12.1 Å². The summed E-state index contributed by atoms with van der Waals surface area (Å²) in [6.45, 7) is 7.89.